The molecule has 1 aromatic carbocycles. The fourth-order valence-electron chi connectivity index (χ4n) is 2.38. The molecule has 1 aromatic rings. The van der Waals surface area contributed by atoms with Crippen LogP contribution < -0.4 is 4.74 Å². The molecule has 96 valence electrons. The van der Waals surface area contributed by atoms with Gasteiger partial charge in [0.15, 0.2) is 5.78 Å². The Hall–Kier alpha value is -1.61. The first kappa shape index (κ1) is 12.8. The van der Waals surface area contributed by atoms with Gasteiger partial charge in [0.1, 0.15) is 5.75 Å². The van der Waals surface area contributed by atoms with Gasteiger partial charge in [-0.2, -0.15) is 0 Å². The minimum atomic E-state index is -0.0313. The second-order valence-electron chi connectivity index (χ2n) is 4.54. The average Bonchev–Trinajstić information content (AvgIpc) is 2.41. The zero-order valence-electron chi connectivity index (χ0n) is 10.6. The van der Waals surface area contributed by atoms with E-state index >= 15 is 0 Å². The zero-order chi connectivity index (χ0) is 13.0. The number of benzene rings is 1. The molecule has 1 unspecified atom stereocenters. The summed E-state index contributed by atoms with van der Waals surface area (Å²) in [5.74, 6) is 0.863. The van der Waals surface area contributed by atoms with E-state index in [4.69, 9.17) is 4.74 Å². The van der Waals surface area contributed by atoms with Crippen molar-refractivity contribution in [2.45, 2.75) is 19.3 Å². The van der Waals surface area contributed by atoms with Gasteiger partial charge in [0, 0.05) is 23.5 Å². The smallest absolute Gasteiger partial charge is 0.159 e. The summed E-state index contributed by atoms with van der Waals surface area (Å²) in [6, 6.07) is 7.60. The monoisotopic (exact) mass is 246 g/mol. The van der Waals surface area contributed by atoms with E-state index in [1.165, 1.54) is 0 Å². The maximum atomic E-state index is 11.9. The summed E-state index contributed by atoms with van der Waals surface area (Å²) in [5.41, 5.74) is 1.62. The summed E-state index contributed by atoms with van der Waals surface area (Å²) >= 11 is 0. The van der Waals surface area contributed by atoms with Crippen LogP contribution in [-0.2, 0) is 4.79 Å². The third-order valence-corrected chi connectivity index (χ3v) is 3.39. The molecular weight excluding hydrogens is 228 g/mol. The van der Waals surface area contributed by atoms with Crippen molar-refractivity contribution in [1.82, 2.24) is 0 Å². The Balaban J connectivity index is 2.37. The minimum Gasteiger partial charge on any atom is -0.496 e. The van der Waals surface area contributed by atoms with Gasteiger partial charge in [-0.3, -0.25) is 4.79 Å². The molecular formula is C15H18O3. The standard InChI is InChI=1S/C15H18O3/c1-18-15-8-3-2-5-11(15)9-13-12(10-16)6-4-7-14(13)17/h2-3,5,8-9,12,16H,4,6-7,10H2,1H3. The molecule has 1 aliphatic rings. The Morgan fingerprint density at radius 3 is 2.94 bits per heavy atom. The van der Waals surface area contributed by atoms with Crippen molar-refractivity contribution < 1.29 is 14.6 Å². The summed E-state index contributed by atoms with van der Waals surface area (Å²) in [6.07, 6.45) is 4.19. The molecule has 0 saturated heterocycles. The van der Waals surface area contributed by atoms with Crippen molar-refractivity contribution in [3.8, 4) is 5.75 Å². The first-order valence-electron chi connectivity index (χ1n) is 6.25. The lowest BCUT2D eigenvalue weighted by molar-refractivity contribution is -0.117. The van der Waals surface area contributed by atoms with Crippen molar-refractivity contribution in [2.75, 3.05) is 13.7 Å². The third-order valence-electron chi connectivity index (χ3n) is 3.39. The Morgan fingerprint density at radius 1 is 1.44 bits per heavy atom. The highest BCUT2D eigenvalue weighted by Gasteiger charge is 2.25. The number of rotatable bonds is 3. The van der Waals surface area contributed by atoms with Gasteiger partial charge in [-0.15, -0.1) is 0 Å². The summed E-state index contributed by atoms with van der Waals surface area (Å²) in [5, 5.41) is 9.36. The molecule has 3 nitrogen and oxygen atoms in total. The van der Waals surface area contributed by atoms with Gasteiger partial charge in [0.2, 0.25) is 0 Å². The summed E-state index contributed by atoms with van der Waals surface area (Å²) in [6.45, 7) is 0.0344. The number of Topliss-reactive ketones (excluding diaryl/α,β-unsaturated/α-hetero) is 1. The van der Waals surface area contributed by atoms with Crippen molar-refractivity contribution in [3.63, 3.8) is 0 Å². The number of ether oxygens (including phenoxy) is 1. The quantitative estimate of drug-likeness (QED) is 0.833. The molecule has 0 amide bonds. The lowest BCUT2D eigenvalue weighted by Crippen LogP contribution is -2.21. The maximum Gasteiger partial charge on any atom is 0.159 e. The average molecular weight is 246 g/mol. The number of carbonyl (C=O) groups is 1. The van der Waals surface area contributed by atoms with E-state index in [0.29, 0.717) is 6.42 Å². The molecule has 18 heavy (non-hydrogen) atoms. The van der Waals surface area contributed by atoms with Crippen LogP contribution in [0, 0.1) is 5.92 Å². The van der Waals surface area contributed by atoms with Crippen molar-refractivity contribution in [2.24, 2.45) is 5.92 Å². The summed E-state index contributed by atoms with van der Waals surface area (Å²) in [4.78, 5) is 11.9. The van der Waals surface area contributed by atoms with Crippen molar-refractivity contribution in [1.29, 1.82) is 0 Å². The van der Waals surface area contributed by atoms with Crippen LogP contribution in [0.25, 0.3) is 6.08 Å². The van der Waals surface area contributed by atoms with Gasteiger partial charge in [-0.05, 0) is 25.0 Å². The van der Waals surface area contributed by atoms with Crippen LogP contribution >= 0.6 is 0 Å². The second-order valence-corrected chi connectivity index (χ2v) is 4.54. The molecule has 0 radical (unpaired) electrons. The minimum absolute atomic E-state index is 0.0313. The predicted octanol–water partition coefficient (Wildman–Crippen LogP) is 2.44. The summed E-state index contributed by atoms with van der Waals surface area (Å²) < 4.78 is 5.27. The lowest BCUT2D eigenvalue weighted by atomic mass is 9.83. The number of methoxy groups -OCH3 is 1. The molecule has 1 N–H and O–H groups in total. The Bertz CT molecular complexity index is 463. The topological polar surface area (TPSA) is 46.5 Å². The fourth-order valence-corrected chi connectivity index (χ4v) is 2.38. The predicted molar refractivity (Wildman–Crippen MR) is 70.4 cm³/mol. The first-order valence-corrected chi connectivity index (χ1v) is 6.25. The molecule has 0 bridgehead atoms. The highest BCUT2D eigenvalue weighted by atomic mass is 16.5. The molecule has 1 aliphatic carbocycles. The summed E-state index contributed by atoms with van der Waals surface area (Å²) in [7, 11) is 1.61. The normalized spacial score (nSPS) is 22.2. The van der Waals surface area contributed by atoms with Crippen LogP contribution in [0.15, 0.2) is 29.8 Å². The van der Waals surface area contributed by atoms with Gasteiger partial charge < -0.3 is 9.84 Å². The molecule has 0 spiro atoms. The largest absolute Gasteiger partial charge is 0.496 e. The highest BCUT2D eigenvalue weighted by molar-refractivity contribution is 6.01. The highest BCUT2D eigenvalue weighted by Crippen LogP contribution is 2.30. The Labute approximate surface area is 107 Å². The molecule has 1 saturated carbocycles. The molecule has 3 heteroatoms. The number of hydrogen-bond donors (Lipinski definition) is 1. The number of aliphatic hydroxyl groups excluding tert-OH is 1. The zero-order valence-corrected chi connectivity index (χ0v) is 10.6. The SMILES string of the molecule is COc1ccccc1C=C1C(=O)CCCC1CO. The number of ketones is 1. The van der Waals surface area contributed by atoms with Gasteiger partial charge in [-0.25, -0.2) is 0 Å². The number of hydrogen-bond acceptors (Lipinski definition) is 3. The van der Waals surface area contributed by atoms with Crippen molar-refractivity contribution >= 4 is 11.9 Å². The van der Waals surface area contributed by atoms with Crippen LogP contribution in [0.2, 0.25) is 0 Å². The van der Waals surface area contributed by atoms with E-state index in [9.17, 15) is 9.90 Å². The second kappa shape index (κ2) is 5.83. The van der Waals surface area contributed by atoms with E-state index in [1.54, 1.807) is 7.11 Å². The molecule has 1 atom stereocenters. The van der Waals surface area contributed by atoms with Crippen LogP contribution in [-0.4, -0.2) is 24.6 Å². The van der Waals surface area contributed by atoms with Gasteiger partial charge in [-0.1, -0.05) is 18.2 Å². The molecule has 0 aromatic heterocycles. The number of para-hydroxylation sites is 1. The van der Waals surface area contributed by atoms with Gasteiger partial charge >= 0.3 is 0 Å². The number of aliphatic hydroxyl groups is 1. The van der Waals surface area contributed by atoms with E-state index in [1.807, 2.05) is 30.3 Å². The molecule has 0 aliphatic heterocycles. The fraction of sp³-hybridized carbons (Fsp3) is 0.400. The van der Waals surface area contributed by atoms with Gasteiger partial charge in [0.25, 0.3) is 0 Å². The van der Waals surface area contributed by atoms with E-state index in [0.717, 1.165) is 29.7 Å². The molecule has 1 fully saturated rings. The first-order chi connectivity index (χ1) is 8.76. The third kappa shape index (κ3) is 2.62. The van der Waals surface area contributed by atoms with E-state index in [2.05, 4.69) is 0 Å². The van der Waals surface area contributed by atoms with Gasteiger partial charge in [0.05, 0.1) is 13.7 Å². The maximum absolute atomic E-state index is 11.9. The number of carbonyl (C=O) groups excluding carboxylic acids is 1. The van der Waals surface area contributed by atoms with Crippen molar-refractivity contribution in [3.05, 3.63) is 35.4 Å². The van der Waals surface area contributed by atoms with Crippen LogP contribution in [0.5, 0.6) is 5.75 Å². The molecule has 2 rings (SSSR count). The van der Waals surface area contributed by atoms with E-state index in [-0.39, 0.29) is 18.3 Å². The van der Waals surface area contributed by atoms with Crippen LogP contribution in [0.4, 0.5) is 0 Å². The Morgan fingerprint density at radius 2 is 2.22 bits per heavy atom. The Kier molecular flexibility index (Phi) is 4.15. The van der Waals surface area contributed by atoms with Crippen LogP contribution in [0.3, 0.4) is 0 Å². The van der Waals surface area contributed by atoms with E-state index < -0.39 is 0 Å². The van der Waals surface area contributed by atoms with Crippen LogP contribution in [0.1, 0.15) is 24.8 Å². The lowest BCUT2D eigenvalue weighted by Gasteiger charge is -2.22. The molecule has 0 heterocycles.